The van der Waals surface area contributed by atoms with Crippen LogP contribution in [-0.2, 0) is 6.54 Å². The normalized spacial score (nSPS) is 23.4. The maximum absolute atomic E-state index is 14.1. The average molecular weight is 267 g/mol. The highest BCUT2D eigenvalue weighted by Crippen LogP contribution is 2.29. The first kappa shape index (κ1) is 14.2. The van der Waals surface area contributed by atoms with Gasteiger partial charge in [0.1, 0.15) is 5.82 Å². The number of hydrogen-bond acceptors (Lipinski definition) is 4. The molecule has 1 fully saturated rings. The van der Waals surface area contributed by atoms with Gasteiger partial charge in [0.05, 0.1) is 11.8 Å². The summed E-state index contributed by atoms with van der Waals surface area (Å²) in [4.78, 5) is 4.02. The Labute approximate surface area is 113 Å². The van der Waals surface area contributed by atoms with Gasteiger partial charge in [0.25, 0.3) is 0 Å². The predicted molar refractivity (Wildman–Crippen MR) is 74.6 cm³/mol. The molecular weight excluding hydrogens is 245 g/mol. The molecule has 3 N–H and O–H groups in total. The van der Waals surface area contributed by atoms with Crippen molar-refractivity contribution in [3.05, 3.63) is 29.6 Å². The van der Waals surface area contributed by atoms with Crippen LogP contribution in [-0.4, -0.2) is 49.3 Å². The van der Waals surface area contributed by atoms with Gasteiger partial charge in [-0.05, 0) is 38.2 Å². The standard InChI is InChI=1S/C14H22FN3O/c1-17(2)8-11-6-12(19)9-18(11)14-4-3-10(7-16)5-13(14)15/h3-5,11-12,19H,6-9,16H2,1-2H3. The number of aliphatic hydroxyl groups excluding tert-OH is 1. The molecule has 2 unspecified atom stereocenters. The summed E-state index contributed by atoms with van der Waals surface area (Å²) in [5.74, 6) is -0.263. The number of aliphatic hydroxyl groups is 1. The monoisotopic (exact) mass is 267 g/mol. The van der Waals surface area contributed by atoms with Crippen LogP contribution in [0.15, 0.2) is 18.2 Å². The molecule has 1 aliphatic rings. The maximum Gasteiger partial charge on any atom is 0.146 e. The molecule has 19 heavy (non-hydrogen) atoms. The second kappa shape index (κ2) is 5.86. The van der Waals surface area contributed by atoms with E-state index in [0.717, 1.165) is 12.1 Å². The fourth-order valence-electron chi connectivity index (χ4n) is 2.69. The maximum atomic E-state index is 14.1. The molecule has 1 aromatic carbocycles. The number of halogens is 1. The average Bonchev–Trinajstić information content (AvgIpc) is 2.69. The molecule has 0 radical (unpaired) electrons. The van der Waals surface area contributed by atoms with Crippen molar-refractivity contribution in [3.63, 3.8) is 0 Å². The lowest BCUT2D eigenvalue weighted by Gasteiger charge is -2.29. The second-order valence-electron chi connectivity index (χ2n) is 5.45. The molecule has 1 heterocycles. The molecule has 0 aliphatic carbocycles. The second-order valence-corrected chi connectivity index (χ2v) is 5.45. The number of hydrogen-bond donors (Lipinski definition) is 2. The summed E-state index contributed by atoms with van der Waals surface area (Å²) in [5.41, 5.74) is 6.85. The van der Waals surface area contributed by atoms with Gasteiger partial charge < -0.3 is 20.6 Å². The summed E-state index contributed by atoms with van der Waals surface area (Å²) in [7, 11) is 3.97. The summed E-state index contributed by atoms with van der Waals surface area (Å²) < 4.78 is 14.1. The molecular formula is C14H22FN3O. The van der Waals surface area contributed by atoms with Crippen LogP contribution in [0.5, 0.6) is 0 Å². The number of β-amino-alcohol motifs (C(OH)–C–C–N with tert-alkyl or cyclic N) is 1. The molecule has 0 saturated carbocycles. The summed E-state index contributed by atoms with van der Waals surface area (Å²) in [6.45, 7) is 1.62. The minimum atomic E-state index is -0.390. The Morgan fingerprint density at radius 1 is 1.47 bits per heavy atom. The van der Waals surface area contributed by atoms with Crippen LogP contribution in [0, 0.1) is 5.82 Å². The molecule has 106 valence electrons. The summed E-state index contributed by atoms with van der Waals surface area (Å²) in [6.07, 6.45) is 0.287. The highest BCUT2D eigenvalue weighted by molar-refractivity contribution is 5.51. The predicted octanol–water partition coefficient (Wildman–Crippen LogP) is 0.786. The number of nitrogens with zero attached hydrogens (tertiary/aromatic N) is 2. The SMILES string of the molecule is CN(C)CC1CC(O)CN1c1ccc(CN)cc1F. The molecule has 0 bridgehead atoms. The Kier molecular flexibility index (Phi) is 4.39. The number of rotatable bonds is 4. The largest absolute Gasteiger partial charge is 0.391 e. The molecule has 4 nitrogen and oxygen atoms in total. The van der Waals surface area contributed by atoms with Crippen molar-refractivity contribution in [1.29, 1.82) is 0 Å². The van der Waals surface area contributed by atoms with Gasteiger partial charge in [0, 0.05) is 25.7 Å². The van der Waals surface area contributed by atoms with E-state index in [1.54, 1.807) is 6.07 Å². The topological polar surface area (TPSA) is 52.7 Å². The molecule has 2 rings (SSSR count). The van der Waals surface area contributed by atoms with E-state index in [0.29, 0.717) is 25.2 Å². The highest BCUT2D eigenvalue weighted by atomic mass is 19.1. The van der Waals surface area contributed by atoms with Crippen molar-refractivity contribution >= 4 is 5.69 Å². The lowest BCUT2D eigenvalue weighted by Crippen LogP contribution is -2.38. The molecule has 1 aromatic rings. The third kappa shape index (κ3) is 3.23. The van der Waals surface area contributed by atoms with Crippen molar-refractivity contribution < 1.29 is 9.50 Å². The van der Waals surface area contributed by atoms with Crippen molar-refractivity contribution in [2.24, 2.45) is 5.73 Å². The van der Waals surface area contributed by atoms with E-state index in [4.69, 9.17) is 5.73 Å². The summed E-state index contributed by atoms with van der Waals surface area (Å²) in [6, 6.07) is 5.23. The van der Waals surface area contributed by atoms with E-state index in [1.807, 2.05) is 25.1 Å². The Morgan fingerprint density at radius 3 is 2.79 bits per heavy atom. The first-order valence-electron chi connectivity index (χ1n) is 6.59. The van der Waals surface area contributed by atoms with Crippen LogP contribution in [0.3, 0.4) is 0 Å². The molecule has 0 spiro atoms. The first-order valence-corrected chi connectivity index (χ1v) is 6.59. The lowest BCUT2D eigenvalue weighted by atomic mass is 10.1. The third-order valence-corrected chi connectivity index (χ3v) is 3.53. The zero-order chi connectivity index (χ0) is 14.0. The van der Waals surface area contributed by atoms with Gasteiger partial charge in [-0.1, -0.05) is 6.07 Å². The van der Waals surface area contributed by atoms with Gasteiger partial charge in [-0.2, -0.15) is 0 Å². The summed E-state index contributed by atoms with van der Waals surface area (Å²) >= 11 is 0. The lowest BCUT2D eigenvalue weighted by molar-refractivity contribution is 0.191. The number of benzene rings is 1. The van der Waals surface area contributed by atoms with Gasteiger partial charge in [0.15, 0.2) is 0 Å². The van der Waals surface area contributed by atoms with Gasteiger partial charge in [-0.15, -0.1) is 0 Å². The first-order chi connectivity index (χ1) is 9.01. The minimum absolute atomic E-state index is 0.142. The quantitative estimate of drug-likeness (QED) is 0.847. The van der Waals surface area contributed by atoms with E-state index in [-0.39, 0.29) is 11.9 Å². The van der Waals surface area contributed by atoms with Crippen LogP contribution in [0.4, 0.5) is 10.1 Å². The number of anilines is 1. The van der Waals surface area contributed by atoms with Crippen molar-refractivity contribution in [2.75, 3.05) is 32.1 Å². The van der Waals surface area contributed by atoms with Crippen molar-refractivity contribution in [1.82, 2.24) is 4.90 Å². The van der Waals surface area contributed by atoms with Crippen LogP contribution in [0.25, 0.3) is 0 Å². The zero-order valence-corrected chi connectivity index (χ0v) is 11.5. The Bertz CT molecular complexity index is 439. The van der Waals surface area contributed by atoms with Crippen molar-refractivity contribution in [3.8, 4) is 0 Å². The van der Waals surface area contributed by atoms with E-state index >= 15 is 0 Å². The van der Waals surface area contributed by atoms with Gasteiger partial charge >= 0.3 is 0 Å². The fourth-order valence-corrected chi connectivity index (χ4v) is 2.69. The van der Waals surface area contributed by atoms with E-state index in [2.05, 4.69) is 4.90 Å². The van der Waals surface area contributed by atoms with Gasteiger partial charge in [-0.25, -0.2) is 4.39 Å². The van der Waals surface area contributed by atoms with Crippen LogP contribution < -0.4 is 10.6 Å². The molecule has 0 aromatic heterocycles. The van der Waals surface area contributed by atoms with E-state index in [9.17, 15) is 9.50 Å². The highest BCUT2D eigenvalue weighted by Gasteiger charge is 2.32. The third-order valence-electron chi connectivity index (χ3n) is 3.53. The van der Waals surface area contributed by atoms with Gasteiger partial charge in [0.2, 0.25) is 0 Å². The van der Waals surface area contributed by atoms with Gasteiger partial charge in [-0.3, -0.25) is 0 Å². The molecule has 2 atom stereocenters. The zero-order valence-electron chi connectivity index (χ0n) is 11.5. The fraction of sp³-hybridized carbons (Fsp3) is 0.571. The number of nitrogens with two attached hydrogens (primary N) is 1. The molecule has 5 heteroatoms. The van der Waals surface area contributed by atoms with Crippen LogP contribution in [0.1, 0.15) is 12.0 Å². The summed E-state index contributed by atoms with van der Waals surface area (Å²) in [5, 5.41) is 9.83. The van der Waals surface area contributed by atoms with E-state index in [1.165, 1.54) is 6.07 Å². The Balaban J connectivity index is 2.23. The Hall–Kier alpha value is -1.17. The minimum Gasteiger partial charge on any atom is -0.391 e. The Morgan fingerprint density at radius 2 is 2.21 bits per heavy atom. The molecule has 0 amide bonds. The molecule has 1 aliphatic heterocycles. The smallest absolute Gasteiger partial charge is 0.146 e. The number of likely N-dealkylation sites (N-methyl/N-ethyl adjacent to an activating group) is 1. The van der Waals surface area contributed by atoms with Crippen molar-refractivity contribution in [2.45, 2.75) is 25.1 Å². The molecule has 1 saturated heterocycles. The van der Waals surface area contributed by atoms with Crippen LogP contribution >= 0.6 is 0 Å². The van der Waals surface area contributed by atoms with E-state index < -0.39 is 6.10 Å². The van der Waals surface area contributed by atoms with Crippen LogP contribution in [0.2, 0.25) is 0 Å².